The fraction of sp³-hybridized carbons (Fsp3) is 0.724. The van der Waals surface area contributed by atoms with Crippen LogP contribution in [0.3, 0.4) is 0 Å². The van der Waals surface area contributed by atoms with E-state index in [9.17, 15) is 4.79 Å². The van der Waals surface area contributed by atoms with Crippen LogP contribution in [0.5, 0.6) is 11.5 Å². The number of nitrogens with zero attached hydrogens (tertiary/aromatic N) is 1. The highest BCUT2D eigenvalue weighted by molar-refractivity contribution is 5.81. The van der Waals surface area contributed by atoms with Crippen molar-refractivity contribution in [2.75, 3.05) is 13.2 Å². The van der Waals surface area contributed by atoms with E-state index in [0.717, 1.165) is 24.9 Å². The molecule has 0 spiro atoms. The van der Waals surface area contributed by atoms with E-state index in [2.05, 4.69) is 11.9 Å². The molecule has 0 heterocycles. The van der Waals surface area contributed by atoms with Crippen molar-refractivity contribution >= 4 is 12.2 Å². The minimum atomic E-state index is -0.224. The van der Waals surface area contributed by atoms with Gasteiger partial charge in [0.05, 0.1) is 6.61 Å². The first-order valence-electron chi connectivity index (χ1n) is 13.7. The predicted molar refractivity (Wildman–Crippen MR) is 141 cm³/mol. The summed E-state index contributed by atoms with van der Waals surface area (Å²) >= 11 is 0. The van der Waals surface area contributed by atoms with Gasteiger partial charge >= 0.3 is 5.97 Å². The normalized spacial score (nSPS) is 11.2. The molecule has 0 fully saturated rings. The molecule has 0 bridgehead atoms. The smallest absolute Gasteiger partial charge is 0.311 e. The number of carbonyl (C=O) groups excluding carboxylic acids is 1. The first-order valence-corrected chi connectivity index (χ1v) is 13.7. The first kappa shape index (κ1) is 29.2. The van der Waals surface area contributed by atoms with Crippen molar-refractivity contribution in [3.8, 4) is 11.5 Å². The second-order valence-corrected chi connectivity index (χ2v) is 8.99. The van der Waals surface area contributed by atoms with Crippen molar-refractivity contribution in [2.24, 2.45) is 4.99 Å². The Labute approximate surface area is 203 Å². The Kier molecular flexibility index (Phi) is 18.4. The molecule has 33 heavy (non-hydrogen) atoms. The lowest BCUT2D eigenvalue weighted by atomic mass is 10.0. The highest BCUT2D eigenvalue weighted by Crippen LogP contribution is 2.28. The van der Waals surface area contributed by atoms with Crippen LogP contribution in [0.25, 0.3) is 0 Å². The van der Waals surface area contributed by atoms with Gasteiger partial charge in [-0.3, -0.25) is 9.79 Å². The summed E-state index contributed by atoms with van der Waals surface area (Å²) in [6.45, 7) is 7.55. The van der Waals surface area contributed by atoms with Crippen molar-refractivity contribution in [1.82, 2.24) is 0 Å². The second kappa shape index (κ2) is 20.7. The van der Waals surface area contributed by atoms with E-state index in [-0.39, 0.29) is 5.97 Å². The molecule has 188 valence electrons. The number of rotatable bonds is 21. The largest absolute Gasteiger partial charge is 0.490 e. The van der Waals surface area contributed by atoms with Gasteiger partial charge in [-0.05, 0) is 43.5 Å². The van der Waals surface area contributed by atoms with Crippen molar-refractivity contribution in [3.63, 3.8) is 0 Å². The average Bonchev–Trinajstić information content (AvgIpc) is 2.80. The summed E-state index contributed by atoms with van der Waals surface area (Å²) in [6.07, 6.45) is 22.2. The van der Waals surface area contributed by atoms with Crippen LogP contribution >= 0.6 is 0 Å². The molecule has 0 aliphatic rings. The number of hydrogen-bond acceptors (Lipinski definition) is 4. The van der Waals surface area contributed by atoms with Crippen LogP contribution in [0.2, 0.25) is 0 Å². The molecule has 1 rings (SSSR count). The molecule has 0 amide bonds. The van der Waals surface area contributed by atoms with Crippen LogP contribution in [0.15, 0.2) is 23.2 Å². The van der Waals surface area contributed by atoms with Crippen molar-refractivity contribution in [1.29, 1.82) is 0 Å². The van der Waals surface area contributed by atoms with E-state index in [4.69, 9.17) is 9.47 Å². The molecule has 4 nitrogen and oxygen atoms in total. The van der Waals surface area contributed by atoms with Gasteiger partial charge in [-0.1, -0.05) is 97.3 Å². The molecule has 0 saturated carbocycles. The lowest BCUT2D eigenvalue weighted by Crippen LogP contribution is -2.08. The average molecular weight is 460 g/mol. The highest BCUT2D eigenvalue weighted by Gasteiger charge is 2.10. The van der Waals surface area contributed by atoms with Crippen molar-refractivity contribution in [3.05, 3.63) is 23.8 Å². The molecule has 1 aromatic rings. The summed E-state index contributed by atoms with van der Waals surface area (Å²) in [5, 5.41) is 0. The number of aliphatic imine (C=N–C) groups is 1. The summed E-state index contributed by atoms with van der Waals surface area (Å²) in [5.41, 5.74) is 0.971. The van der Waals surface area contributed by atoms with E-state index >= 15 is 0 Å². The molecule has 0 unspecified atom stereocenters. The van der Waals surface area contributed by atoms with Crippen LogP contribution < -0.4 is 9.47 Å². The third-order valence-corrected chi connectivity index (χ3v) is 5.83. The van der Waals surface area contributed by atoms with Gasteiger partial charge in [0.1, 0.15) is 0 Å². The predicted octanol–water partition coefficient (Wildman–Crippen LogP) is 8.69. The van der Waals surface area contributed by atoms with Gasteiger partial charge in [0.2, 0.25) is 0 Å². The molecular formula is C29H49NO3. The van der Waals surface area contributed by atoms with E-state index in [0.29, 0.717) is 24.5 Å². The van der Waals surface area contributed by atoms with Gasteiger partial charge < -0.3 is 9.47 Å². The number of carbonyl (C=O) groups is 1. The summed E-state index contributed by atoms with van der Waals surface area (Å²) in [7, 11) is 0. The summed E-state index contributed by atoms with van der Waals surface area (Å²) < 4.78 is 11.1. The Morgan fingerprint density at radius 2 is 1.33 bits per heavy atom. The fourth-order valence-electron chi connectivity index (χ4n) is 3.90. The van der Waals surface area contributed by atoms with Gasteiger partial charge in [0.25, 0.3) is 0 Å². The number of hydrogen-bond donors (Lipinski definition) is 0. The van der Waals surface area contributed by atoms with E-state index in [1.54, 1.807) is 6.07 Å². The monoisotopic (exact) mass is 459 g/mol. The molecule has 0 saturated heterocycles. The first-order chi connectivity index (χ1) is 16.2. The van der Waals surface area contributed by atoms with E-state index in [1.807, 2.05) is 32.2 Å². The standard InChI is InChI=1S/C29H49NO3/c1-4-7-8-9-10-11-12-13-14-15-16-17-18-19-23-30-25-26-21-22-27(28(24-26)32-6-3)33-29(31)20-5-2/h21-22,24-25H,4-20,23H2,1-3H3. The number of unbranched alkanes of at least 4 members (excludes halogenated alkanes) is 13. The maximum Gasteiger partial charge on any atom is 0.311 e. The van der Waals surface area contributed by atoms with Crippen LogP contribution in [0, 0.1) is 0 Å². The highest BCUT2D eigenvalue weighted by atomic mass is 16.6. The van der Waals surface area contributed by atoms with Crippen LogP contribution in [-0.2, 0) is 4.79 Å². The Balaban J connectivity index is 2.12. The number of ether oxygens (including phenoxy) is 2. The second-order valence-electron chi connectivity index (χ2n) is 8.99. The lowest BCUT2D eigenvalue weighted by Gasteiger charge is -2.11. The molecule has 0 radical (unpaired) electrons. The maximum absolute atomic E-state index is 11.8. The topological polar surface area (TPSA) is 47.9 Å². The molecule has 0 aliphatic carbocycles. The summed E-state index contributed by atoms with van der Waals surface area (Å²) in [4.78, 5) is 16.4. The minimum absolute atomic E-state index is 0.224. The minimum Gasteiger partial charge on any atom is -0.490 e. The van der Waals surface area contributed by atoms with Gasteiger partial charge in [-0.15, -0.1) is 0 Å². The Hall–Kier alpha value is -1.84. The molecule has 0 atom stereocenters. The van der Waals surface area contributed by atoms with Crippen molar-refractivity contribution in [2.45, 2.75) is 124 Å². The SMILES string of the molecule is CCCCCCCCCCCCCCCCN=Cc1ccc(OC(=O)CCC)c(OCC)c1. The lowest BCUT2D eigenvalue weighted by molar-refractivity contribution is -0.134. The number of esters is 1. The van der Waals surface area contributed by atoms with E-state index in [1.165, 1.54) is 83.5 Å². The Bertz CT molecular complexity index is 642. The van der Waals surface area contributed by atoms with Gasteiger partial charge in [-0.25, -0.2) is 0 Å². The van der Waals surface area contributed by atoms with Gasteiger partial charge in [0.15, 0.2) is 11.5 Å². The van der Waals surface area contributed by atoms with Gasteiger partial charge in [0, 0.05) is 19.2 Å². The van der Waals surface area contributed by atoms with Crippen LogP contribution in [0.4, 0.5) is 0 Å². The maximum atomic E-state index is 11.8. The van der Waals surface area contributed by atoms with E-state index < -0.39 is 0 Å². The zero-order valence-electron chi connectivity index (χ0n) is 21.7. The summed E-state index contributed by atoms with van der Waals surface area (Å²) in [6, 6.07) is 5.62. The van der Waals surface area contributed by atoms with Crippen LogP contribution in [-0.4, -0.2) is 25.3 Å². The molecule has 0 aromatic heterocycles. The Morgan fingerprint density at radius 3 is 1.88 bits per heavy atom. The molecule has 1 aromatic carbocycles. The van der Waals surface area contributed by atoms with Gasteiger partial charge in [-0.2, -0.15) is 0 Å². The third-order valence-electron chi connectivity index (χ3n) is 5.83. The van der Waals surface area contributed by atoms with Crippen molar-refractivity contribution < 1.29 is 14.3 Å². The zero-order valence-corrected chi connectivity index (χ0v) is 21.7. The third kappa shape index (κ3) is 15.6. The molecule has 0 aliphatic heterocycles. The number of benzene rings is 1. The van der Waals surface area contributed by atoms with Crippen LogP contribution in [0.1, 0.15) is 129 Å². The molecule has 0 N–H and O–H groups in total. The Morgan fingerprint density at radius 1 is 0.758 bits per heavy atom. The fourth-order valence-corrected chi connectivity index (χ4v) is 3.90. The molecule has 4 heteroatoms. The quantitative estimate of drug-likeness (QED) is 0.0799. The zero-order chi connectivity index (χ0) is 24.0. The summed E-state index contributed by atoms with van der Waals surface area (Å²) in [5.74, 6) is 0.861. The molecular weight excluding hydrogens is 410 g/mol.